The highest BCUT2D eigenvalue weighted by molar-refractivity contribution is 7.27. The predicted molar refractivity (Wildman–Crippen MR) is 204 cm³/mol. The molecule has 1 aromatic heterocycles. The molecule has 0 spiro atoms. The summed E-state index contributed by atoms with van der Waals surface area (Å²) in [5.41, 5.74) is 8.96. The third kappa shape index (κ3) is 3.83. The third-order valence-corrected chi connectivity index (χ3v) is 11.7. The minimum absolute atomic E-state index is 0.0342. The molecule has 8 aromatic carbocycles. The normalized spacial score (nSPS) is 13.5. The van der Waals surface area contributed by atoms with Gasteiger partial charge in [0.1, 0.15) is 0 Å². The Morgan fingerprint density at radius 1 is 0.447 bits per heavy atom. The fourth-order valence-corrected chi connectivity index (χ4v) is 9.47. The molecule has 0 unspecified atom stereocenters. The highest BCUT2D eigenvalue weighted by Gasteiger charge is 2.35. The molecule has 1 nitrogen and oxygen atoms in total. The standard InChI is InChI=1S/C45H31NS/c1-45(2)39-16-8-7-14-35(39)38-27-33(23-25-40(38)45)46(32-22-20-28-10-3-4-12-31(28)26-32)41-17-9-15-36-37-24-21-30-19-18-29-11-5-6-13-34(29)42(30)44(37)47-43(36)41/h3-27H,1-2H3. The van der Waals surface area contributed by atoms with Crippen LogP contribution in [0.25, 0.3) is 63.6 Å². The van der Waals surface area contributed by atoms with Gasteiger partial charge in [0.15, 0.2) is 0 Å². The Kier molecular flexibility index (Phi) is 5.57. The van der Waals surface area contributed by atoms with E-state index >= 15 is 0 Å². The smallest absolute Gasteiger partial charge is 0.0640 e. The lowest BCUT2D eigenvalue weighted by molar-refractivity contribution is 0.660. The molecule has 1 aliphatic rings. The summed E-state index contributed by atoms with van der Waals surface area (Å²) in [6, 6.07) is 56.3. The van der Waals surface area contributed by atoms with Gasteiger partial charge in [0.25, 0.3) is 0 Å². The molecule has 10 rings (SSSR count). The van der Waals surface area contributed by atoms with Gasteiger partial charge in [0.05, 0.1) is 10.4 Å². The first-order valence-electron chi connectivity index (χ1n) is 16.4. The van der Waals surface area contributed by atoms with Crippen LogP contribution in [0.2, 0.25) is 0 Å². The van der Waals surface area contributed by atoms with E-state index in [0.29, 0.717) is 0 Å². The zero-order valence-electron chi connectivity index (χ0n) is 26.3. The van der Waals surface area contributed by atoms with Crippen molar-refractivity contribution in [2.45, 2.75) is 19.3 Å². The van der Waals surface area contributed by atoms with Gasteiger partial charge < -0.3 is 4.90 Å². The fourth-order valence-electron chi connectivity index (χ4n) is 8.09. The van der Waals surface area contributed by atoms with Crippen LogP contribution in [0, 0.1) is 0 Å². The maximum Gasteiger partial charge on any atom is 0.0640 e. The van der Waals surface area contributed by atoms with Crippen molar-refractivity contribution in [2.75, 3.05) is 4.90 Å². The van der Waals surface area contributed by atoms with Crippen molar-refractivity contribution in [1.82, 2.24) is 0 Å². The number of fused-ring (bicyclic) bond motifs is 11. The van der Waals surface area contributed by atoms with Gasteiger partial charge in [-0.05, 0) is 79.5 Å². The van der Waals surface area contributed by atoms with E-state index in [9.17, 15) is 0 Å². The van der Waals surface area contributed by atoms with Crippen LogP contribution in [-0.2, 0) is 5.41 Å². The van der Waals surface area contributed by atoms with E-state index in [1.165, 1.54) is 86.1 Å². The molecule has 0 bridgehead atoms. The molecule has 0 amide bonds. The summed E-state index contributed by atoms with van der Waals surface area (Å²) in [5.74, 6) is 0. The Hall–Kier alpha value is -5.44. The maximum atomic E-state index is 2.48. The molecular formula is C45H31NS. The van der Waals surface area contributed by atoms with Gasteiger partial charge >= 0.3 is 0 Å². The van der Waals surface area contributed by atoms with Crippen molar-refractivity contribution in [3.63, 3.8) is 0 Å². The van der Waals surface area contributed by atoms with Gasteiger partial charge in [-0.2, -0.15) is 0 Å². The lowest BCUT2D eigenvalue weighted by Gasteiger charge is -2.28. The van der Waals surface area contributed by atoms with Crippen LogP contribution in [0.1, 0.15) is 25.0 Å². The van der Waals surface area contributed by atoms with Crippen LogP contribution in [0.5, 0.6) is 0 Å². The molecule has 0 N–H and O–H groups in total. The number of anilines is 3. The summed E-state index contributed by atoms with van der Waals surface area (Å²) < 4.78 is 2.65. The van der Waals surface area contributed by atoms with Crippen LogP contribution < -0.4 is 4.90 Å². The summed E-state index contributed by atoms with van der Waals surface area (Å²) in [4.78, 5) is 2.48. The van der Waals surface area contributed by atoms with E-state index in [1.54, 1.807) is 0 Å². The van der Waals surface area contributed by atoms with Gasteiger partial charge in [0, 0.05) is 37.6 Å². The van der Waals surface area contributed by atoms with Crippen LogP contribution in [0.4, 0.5) is 17.1 Å². The maximum absolute atomic E-state index is 2.48. The molecule has 0 fully saturated rings. The van der Waals surface area contributed by atoms with Crippen molar-refractivity contribution in [1.29, 1.82) is 0 Å². The van der Waals surface area contributed by atoms with E-state index in [2.05, 4.69) is 170 Å². The van der Waals surface area contributed by atoms with Gasteiger partial charge in [-0.1, -0.05) is 135 Å². The molecular weight excluding hydrogens is 587 g/mol. The number of hydrogen-bond acceptors (Lipinski definition) is 2. The van der Waals surface area contributed by atoms with Crippen LogP contribution in [0.15, 0.2) is 152 Å². The summed E-state index contributed by atoms with van der Waals surface area (Å²) in [6.07, 6.45) is 0. The van der Waals surface area contributed by atoms with Gasteiger partial charge in [-0.15, -0.1) is 11.3 Å². The minimum Gasteiger partial charge on any atom is -0.309 e. The van der Waals surface area contributed by atoms with E-state index in [1.807, 2.05) is 11.3 Å². The van der Waals surface area contributed by atoms with E-state index < -0.39 is 0 Å². The Morgan fingerprint density at radius 3 is 2.00 bits per heavy atom. The number of thiophene rings is 1. The minimum atomic E-state index is -0.0342. The SMILES string of the molecule is CC1(C)c2ccccc2-c2cc(N(c3ccc4ccccc4c3)c3cccc4c3sc3c4ccc4ccc5ccccc5c43)ccc21. The molecule has 0 saturated heterocycles. The van der Waals surface area contributed by atoms with E-state index in [0.717, 1.165) is 5.69 Å². The topological polar surface area (TPSA) is 3.24 Å². The van der Waals surface area contributed by atoms with Crippen molar-refractivity contribution in [3.05, 3.63) is 163 Å². The molecule has 0 aliphatic heterocycles. The number of rotatable bonds is 3. The zero-order valence-corrected chi connectivity index (χ0v) is 27.1. The highest BCUT2D eigenvalue weighted by Crippen LogP contribution is 2.52. The molecule has 1 aliphatic carbocycles. The molecule has 222 valence electrons. The predicted octanol–water partition coefficient (Wildman–Crippen LogP) is 13.3. The van der Waals surface area contributed by atoms with Crippen molar-refractivity contribution >= 4 is 80.9 Å². The number of nitrogens with zero attached hydrogens (tertiary/aromatic N) is 1. The molecule has 0 saturated carbocycles. The Labute approximate surface area is 278 Å². The highest BCUT2D eigenvalue weighted by atomic mass is 32.1. The van der Waals surface area contributed by atoms with Gasteiger partial charge in [0.2, 0.25) is 0 Å². The van der Waals surface area contributed by atoms with Crippen molar-refractivity contribution in [2.24, 2.45) is 0 Å². The summed E-state index contributed by atoms with van der Waals surface area (Å²) in [6.45, 7) is 4.70. The summed E-state index contributed by atoms with van der Waals surface area (Å²) in [5, 5.41) is 10.3. The first-order chi connectivity index (χ1) is 23.1. The molecule has 0 atom stereocenters. The summed E-state index contributed by atoms with van der Waals surface area (Å²) >= 11 is 1.93. The van der Waals surface area contributed by atoms with Crippen molar-refractivity contribution < 1.29 is 0 Å². The van der Waals surface area contributed by atoms with Crippen LogP contribution >= 0.6 is 11.3 Å². The van der Waals surface area contributed by atoms with E-state index in [-0.39, 0.29) is 5.41 Å². The monoisotopic (exact) mass is 617 g/mol. The number of hydrogen-bond donors (Lipinski definition) is 0. The molecule has 2 heteroatoms. The zero-order chi connectivity index (χ0) is 31.3. The van der Waals surface area contributed by atoms with Gasteiger partial charge in [-0.3, -0.25) is 0 Å². The molecule has 0 radical (unpaired) electrons. The Bertz CT molecular complexity index is 2730. The largest absolute Gasteiger partial charge is 0.309 e. The van der Waals surface area contributed by atoms with Gasteiger partial charge in [-0.25, -0.2) is 0 Å². The first kappa shape index (κ1) is 26.7. The lowest BCUT2D eigenvalue weighted by atomic mass is 9.82. The number of benzene rings is 8. The average molecular weight is 618 g/mol. The fraction of sp³-hybridized carbons (Fsp3) is 0.0667. The third-order valence-electron chi connectivity index (χ3n) is 10.4. The second-order valence-corrected chi connectivity index (χ2v) is 14.4. The average Bonchev–Trinajstić information content (AvgIpc) is 3.61. The Balaban J connectivity index is 1.27. The molecule has 9 aromatic rings. The Morgan fingerprint density at radius 2 is 1.09 bits per heavy atom. The first-order valence-corrected chi connectivity index (χ1v) is 17.2. The van der Waals surface area contributed by atoms with Crippen LogP contribution in [-0.4, -0.2) is 0 Å². The second kappa shape index (κ2) is 9.78. The van der Waals surface area contributed by atoms with E-state index in [4.69, 9.17) is 0 Å². The molecule has 47 heavy (non-hydrogen) atoms. The second-order valence-electron chi connectivity index (χ2n) is 13.4. The summed E-state index contributed by atoms with van der Waals surface area (Å²) in [7, 11) is 0. The van der Waals surface area contributed by atoms with Crippen LogP contribution in [0.3, 0.4) is 0 Å². The quantitative estimate of drug-likeness (QED) is 0.178. The lowest BCUT2D eigenvalue weighted by Crippen LogP contribution is -2.15. The molecule has 1 heterocycles. The van der Waals surface area contributed by atoms with Crippen molar-refractivity contribution in [3.8, 4) is 11.1 Å².